The Morgan fingerprint density at radius 1 is 1.10 bits per heavy atom. The summed E-state index contributed by atoms with van der Waals surface area (Å²) in [4.78, 5) is 23.0. The maximum Gasteiger partial charge on any atom is 0.337 e. The van der Waals surface area contributed by atoms with E-state index in [1.807, 2.05) is 24.3 Å². The third kappa shape index (κ3) is 3.68. The number of para-hydroxylation sites is 1. The Labute approximate surface area is 124 Å². The van der Waals surface area contributed by atoms with E-state index in [9.17, 15) is 9.59 Å². The van der Waals surface area contributed by atoms with Gasteiger partial charge in [0, 0.05) is 4.47 Å². The van der Waals surface area contributed by atoms with Crippen molar-refractivity contribution in [1.82, 2.24) is 0 Å². The Morgan fingerprint density at radius 2 is 1.85 bits per heavy atom. The maximum atomic E-state index is 11.9. The van der Waals surface area contributed by atoms with Crippen LogP contribution in [0.3, 0.4) is 0 Å². The summed E-state index contributed by atoms with van der Waals surface area (Å²) in [5, 5.41) is 11.7. The van der Waals surface area contributed by atoms with Gasteiger partial charge in [-0.3, -0.25) is 4.79 Å². The van der Waals surface area contributed by atoms with Gasteiger partial charge in [0.25, 0.3) is 0 Å². The van der Waals surface area contributed by atoms with Crippen molar-refractivity contribution in [1.29, 1.82) is 0 Å². The molecule has 0 aliphatic heterocycles. The van der Waals surface area contributed by atoms with Gasteiger partial charge in [-0.25, -0.2) is 4.79 Å². The van der Waals surface area contributed by atoms with Crippen molar-refractivity contribution in [3.63, 3.8) is 0 Å². The van der Waals surface area contributed by atoms with Gasteiger partial charge < -0.3 is 10.4 Å². The van der Waals surface area contributed by atoms with Crippen LogP contribution in [-0.2, 0) is 11.2 Å². The number of nitrogens with one attached hydrogen (secondary N) is 1. The number of amides is 1. The molecule has 2 aromatic rings. The highest BCUT2D eigenvalue weighted by Gasteiger charge is 2.11. The summed E-state index contributed by atoms with van der Waals surface area (Å²) < 4.78 is 0.897. The molecule has 102 valence electrons. The van der Waals surface area contributed by atoms with Gasteiger partial charge in [-0.05, 0) is 29.8 Å². The first-order chi connectivity index (χ1) is 9.56. The average molecular weight is 334 g/mol. The van der Waals surface area contributed by atoms with E-state index in [0.717, 1.165) is 10.0 Å². The Bertz CT molecular complexity index is 655. The molecule has 2 N–H and O–H groups in total. The van der Waals surface area contributed by atoms with E-state index in [0.29, 0.717) is 5.69 Å². The van der Waals surface area contributed by atoms with E-state index in [2.05, 4.69) is 21.2 Å². The second-order valence-electron chi connectivity index (χ2n) is 4.21. The van der Waals surface area contributed by atoms with Crippen LogP contribution in [0, 0.1) is 0 Å². The standard InChI is InChI=1S/C15H12BrNO3/c16-11-5-3-4-10(8-11)9-14(18)17-13-7-2-1-6-12(13)15(19)20/h1-8H,9H2,(H,17,18)(H,19,20). The number of carbonyl (C=O) groups is 2. The van der Waals surface area contributed by atoms with Crippen LogP contribution >= 0.6 is 15.9 Å². The van der Waals surface area contributed by atoms with E-state index in [1.165, 1.54) is 6.07 Å². The van der Waals surface area contributed by atoms with Crippen molar-refractivity contribution in [3.8, 4) is 0 Å². The van der Waals surface area contributed by atoms with Crippen LogP contribution in [0.25, 0.3) is 0 Å². The third-order valence-electron chi connectivity index (χ3n) is 2.69. The van der Waals surface area contributed by atoms with Gasteiger partial charge in [-0.1, -0.05) is 40.2 Å². The van der Waals surface area contributed by atoms with E-state index in [4.69, 9.17) is 5.11 Å². The van der Waals surface area contributed by atoms with E-state index >= 15 is 0 Å². The summed E-state index contributed by atoms with van der Waals surface area (Å²) in [5.41, 5.74) is 1.24. The van der Waals surface area contributed by atoms with Crippen LogP contribution in [-0.4, -0.2) is 17.0 Å². The number of rotatable bonds is 4. The van der Waals surface area contributed by atoms with E-state index < -0.39 is 5.97 Å². The molecule has 4 nitrogen and oxygen atoms in total. The molecule has 0 aromatic heterocycles. The number of anilines is 1. The summed E-state index contributed by atoms with van der Waals surface area (Å²) in [6, 6.07) is 13.7. The van der Waals surface area contributed by atoms with Crippen molar-refractivity contribution in [2.24, 2.45) is 0 Å². The van der Waals surface area contributed by atoms with Crippen molar-refractivity contribution in [2.45, 2.75) is 6.42 Å². The zero-order chi connectivity index (χ0) is 14.5. The van der Waals surface area contributed by atoms with E-state index in [1.54, 1.807) is 18.2 Å². The molecule has 1 amide bonds. The first kappa shape index (κ1) is 14.3. The monoisotopic (exact) mass is 333 g/mol. The number of carboxylic acid groups (broad SMARTS) is 1. The highest BCUT2D eigenvalue weighted by atomic mass is 79.9. The van der Waals surface area contributed by atoms with Crippen molar-refractivity contribution < 1.29 is 14.7 Å². The molecule has 0 unspecified atom stereocenters. The minimum atomic E-state index is -1.07. The topological polar surface area (TPSA) is 66.4 Å². The molecule has 0 atom stereocenters. The normalized spacial score (nSPS) is 10.1. The lowest BCUT2D eigenvalue weighted by atomic mass is 10.1. The number of carboxylic acids is 1. The highest BCUT2D eigenvalue weighted by molar-refractivity contribution is 9.10. The fourth-order valence-corrected chi connectivity index (χ4v) is 2.25. The van der Waals surface area contributed by atoms with Crippen LogP contribution in [0.5, 0.6) is 0 Å². The molecule has 20 heavy (non-hydrogen) atoms. The number of halogens is 1. The van der Waals surface area contributed by atoms with Gasteiger partial charge >= 0.3 is 5.97 Å². The van der Waals surface area contributed by atoms with Gasteiger partial charge in [0.2, 0.25) is 5.91 Å². The molecule has 0 aliphatic carbocycles. The number of hydrogen-bond acceptors (Lipinski definition) is 2. The summed E-state index contributed by atoms with van der Waals surface area (Å²) in [5.74, 6) is -1.32. The van der Waals surface area contributed by atoms with Crippen LogP contribution in [0.15, 0.2) is 53.0 Å². The van der Waals surface area contributed by atoms with Gasteiger partial charge in [0.05, 0.1) is 17.7 Å². The van der Waals surface area contributed by atoms with Crippen molar-refractivity contribution >= 4 is 33.5 Å². The lowest BCUT2D eigenvalue weighted by Crippen LogP contribution is -2.16. The van der Waals surface area contributed by atoms with Crippen LogP contribution in [0.1, 0.15) is 15.9 Å². The van der Waals surface area contributed by atoms with Crippen molar-refractivity contribution in [2.75, 3.05) is 5.32 Å². The molecule has 0 bridgehead atoms. The van der Waals surface area contributed by atoms with Crippen molar-refractivity contribution in [3.05, 3.63) is 64.1 Å². The van der Waals surface area contributed by atoms with Gasteiger partial charge in [-0.2, -0.15) is 0 Å². The summed E-state index contributed by atoms with van der Waals surface area (Å²) in [6.07, 6.45) is 0.188. The lowest BCUT2D eigenvalue weighted by molar-refractivity contribution is -0.115. The Kier molecular flexibility index (Phi) is 4.53. The molecule has 2 rings (SSSR count). The summed E-state index contributed by atoms with van der Waals surface area (Å²) in [7, 11) is 0. The smallest absolute Gasteiger partial charge is 0.337 e. The molecular weight excluding hydrogens is 322 g/mol. The molecule has 5 heteroatoms. The highest BCUT2D eigenvalue weighted by Crippen LogP contribution is 2.16. The Morgan fingerprint density at radius 3 is 2.55 bits per heavy atom. The Balaban J connectivity index is 2.11. The predicted molar refractivity (Wildman–Crippen MR) is 79.9 cm³/mol. The first-order valence-electron chi connectivity index (χ1n) is 5.93. The maximum absolute atomic E-state index is 11.9. The van der Waals surface area contributed by atoms with E-state index in [-0.39, 0.29) is 17.9 Å². The number of aromatic carboxylic acids is 1. The molecule has 0 heterocycles. The van der Waals surface area contributed by atoms with Gasteiger partial charge in [-0.15, -0.1) is 0 Å². The summed E-state index contributed by atoms with van der Waals surface area (Å²) in [6.45, 7) is 0. The molecule has 0 spiro atoms. The second kappa shape index (κ2) is 6.34. The zero-order valence-electron chi connectivity index (χ0n) is 10.5. The average Bonchev–Trinajstić information content (AvgIpc) is 2.38. The van der Waals surface area contributed by atoms with Gasteiger partial charge in [0.15, 0.2) is 0 Å². The molecule has 0 saturated heterocycles. The molecular formula is C15H12BrNO3. The Hall–Kier alpha value is -2.14. The third-order valence-corrected chi connectivity index (χ3v) is 3.18. The first-order valence-corrected chi connectivity index (χ1v) is 6.72. The molecule has 0 aliphatic rings. The minimum Gasteiger partial charge on any atom is -0.478 e. The molecule has 0 radical (unpaired) electrons. The lowest BCUT2D eigenvalue weighted by Gasteiger charge is -2.08. The fourth-order valence-electron chi connectivity index (χ4n) is 1.81. The minimum absolute atomic E-state index is 0.0788. The zero-order valence-corrected chi connectivity index (χ0v) is 12.1. The number of benzene rings is 2. The molecule has 0 saturated carbocycles. The number of hydrogen-bond donors (Lipinski definition) is 2. The fraction of sp³-hybridized carbons (Fsp3) is 0.0667. The second-order valence-corrected chi connectivity index (χ2v) is 5.12. The van der Waals surface area contributed by atoms with Crippen LogP contribution < -0.4 is 5.32 Å². The predicted octanol–water partition coefficient (Wildman–Crippen LogP) is 3.33. The SMILES string of the molecule is O=C(Cc1cccc(Br)c1)Nc1ccccc1C(=O)O. The van der Waals surface area contributed by atoms with Crippen LogP contribution in [0.4, 0.5) is 5.69 Å². The molecule has 2 aromatic carbocycles. The van der Waals surface area contributed by atoms with Crippen LogP contribution in [0.2, 0.25) is 0 Å². The van der Waals surface area contributed by atoms with Gasteiger partial charge in [0.1, 0.15) is 0 Å². The quantitative estimate of drug-likeness (QED) is 0.901. The number of carbonyl (C=O) groups excluding carboxylic acids is 1. The summed E-state index contributed by atoms with van der Waals surface area (Å²) >= 11 is 3.34. The largest absolute Gasteiger partial charge is 0.478 e. The molecule has 0 fully saturated rings.